The van der Waals surface area contributed by atoms with E-state index in [4.69, 9.17) is 0 Å². The van der Waals surface area contributed by atoms with Gasteiger partial charge < -0.3 is 0 Å². The number of fused-ring (bicyclic) bond motifs is 3. The van der Waals surface area contributed by atoms with Crippen LogP contribution in [-0.4, -0.2) is 21.7 Å². The van der Waals surface area contributed by atoms with E-state index in [9.17, 15) is 14.0 Å². The van der Waals surface area contributed by atoms with Gasteiger partial charge in [0.25, 0.3) is 11.5 Å². The number of hydrazone groups is 1. The predicted octanol–water partition coefficient (Wildman–Crippen LogP) is 4.23. The summed E-state index contributed by atoms with van der Waals surface area (Å²) in [7, 11) is 0. The van der Waals surface area contributed by atoms with E-state index < -0.39 is 5.91 Å². The van der Waals surface area contributed by atoms with Gasteiger partial charge in [0, 0.05) is 10.4 Å². The molecule has 1 N–H and O–H groups in total. The van der Waals surface area contributed by atoms with Crippen molar-refractivity contribution in [2.75, 3.05) is 0 Å². The number of nitrogens with one attached hydrogen (secondary N) is 1. The Morgan fingerprint density at radius 2 is 1.97 bits per heavy atom. The number of thiophene rings is 1. The molecule has 1 amide bonds. The maximum absolute atomic E-state index is 13.2. The lowest BCUT2D eigenvalue weighted by molar-refractivity contribution is 0.0955. The highest BCUT2D eigenvalue weighted by Gasteiger charge is 2.20. The molecule has 1 aliphatic carbocycles. The Morgan fingerprint density at radius 3 is 2.78 bits per heavy atom. The summed E-state index contributed by atoms with van der Waals surface area (Å²) < 4.78 is 14.7. The summed E-state index contributed by atoms with van der Waals surface area (Å²) in [5.41, 5.74) is 5.06. The van der Waals surface area contributed by atoms with E-state index in [-0.39, 0.29) is 11.4 Å². The lowest BCUT2D eigenvalue weighted by Crippen LogP contribution is -2.20. The van der Waals surface area contributed by atoms with Gasteiger partial charge in [-0.3, -0.25) is 14.2 Å². The van der Waals surface area contributed by atoms with E-state index in [1.54, 1.807) is 54.1 Å². The molecule has 160 valence electrons. The lowest BCUT2D eigenvalue weighted by atomic mass is 9.97. The highest BCUT2D eigenvalue weighted by atomic mass is 32.1. The van der Waals surface area contributed by atoms with Gasteiger partial charge in [0.2, 0.25) is 0 Å². The molecule has 0 atom stereocenters. The zero-order valence-electron chi connectivity index (χ0n) is 17.0. The van der Waals surface area contributed by atoms with Gasteiger partial charge in [-0.15, -0.1) is 11.3 Å². The third-order valence-corrected chi connectivity index (χ3v) is 6.71. The number of aryl methyl sites for hydroxylation is 2. The van der Waals surface area contributed by atoms with Crippen LogP contribution in [0.25, 0.3) is 15.9 Å². The number of halogens is 1. The minimum Gasteiger partial charge on any atom is -0.268 e. The smallest absolute Gasteiger partial charge is 0.268 e. The molecule has 2 aromatic carbocycles. The summed E-state index contributed by atoms with van der Waals surface area (Å²) in [6.07, 6.45) is 7.11. The number of hydrogen-bond donors (Lipinski definition) is 1. The van der Waals surface area contributed by atoms with Crippen LogP contribution in [-0.2, 0) is 12.8 Å². The maximum atomic E-state index is 13.2. The van der Waals surface area contributed by atoms with E-state index in [1.807, 2.05) is 0 Å². The first-order valence-corrected chi connectivity index (χ1v) is 11.1. The predicted molar refractivity (Wildman–Crippen MR) is 123 cm³/mol. The van der Waals surface area contributed by atoms with Gasteiger partial charge in [0.1, 0.15) is 17.0 Å². The molecule has 0 spiro atoms. The average Bonchev–Trinajstić information content (AvgIpc) is 3.19. The molecule has 1 aliphatic rings. The number of carbonyl (C=O) groups is 1. The molecule has 0 radical (unpaired) electrons. The monoisotopic (exact) mass is 446 g/mol. The number of benzene rings is 2. The first-order chi connectivity index (χ1) is 15.6. The van der Waals surface area contributed by atoms with Gasteiger partial charge in [-0.25, -0.2) is 14.8 Å². The fraction of sp³-hybridized carbons (Fsp3) is 0.167. The van der Waals surface area contributed by atoms with Crippen molar-refractivity contribution in [3.05, 3.63) is 92.6 Å². The summed E-state index contributed by atoms with van der Waals surface area (Å²) in [4.78, 5) is 32.1. The number of amides is 1. The molecule has 2 aromatic heterocycles. The normalized spacial score (nSPS) is 13.4. The van der Waals surface area contributed by atoms with E-state index in [0.717, 1.165) is 41.5 Å². The fourth-order valence-corrected chi connectivity index (χ4v) is 5.14. The molecular formula is C24H19FN4O2S. The summed E-state index contributed by atoms with van der Waals surface area (Å²) in [6, 6.07) is 12.6. The Bertz CT molecular complexity index is 1410. The van der Waals surface area contributed by atoms with Crippen molar-refractivity contribution in [1.82, 2.24) is 15.0 Å². The Hall–Kier alpha value is -3.65. The van der Waals surface area contributed by atoms with E-state index in [2.05, 4.69) is 15.5 Å². The van der Waals surface area contributed by atoms with Crippen molar-refractivity contribution in [3.63, 3.8) is 0 Å². The third-order valence-electron chi connectivity index (χ3n) is 5.51. The molecule has 0 aliphatic heterocycles. The average molecular weight is 447 g/mol. The third kappa shape index (κ3) is 3.85. The topological polar surface area (TPSA) is 76.3 Å². The van der Waals surface area contributed by atoms with Gasteiger partial charge in [-0.2, -0.15) is 5.10 Å². The minimum atomic E-state index is -0.406. The molecule has 4 aromatic rings. The second kappa shape index (κ2) is 8.47. The number of hydrogen-bond acceptors (Lipinski definition) is 5. The quantitative estimate of drug-likeness (QED) is 0.377. The molecule has 0 fully saturated rings. The Balaban J connectivity index is 1.36. The molecule has 5 rings (SSSR count). The summed E-state index contributed by atoms with van der Waals surface area (Å²) in [5.74, 6) is -0.779. The minimum absolute atomic E-state index is 0.0775. The highest BCUT2D eigenvalue weighted by Crippen LogP contribution is 2.33. The van der Waals surface area contributed by atoms with E-state index in [0.29, 0.717) is 16.8 Å². The molecule has 32 heavy (non-hydrogen) atoms. The van der Waals surface area contributed by atoms with Crippen molar-refractivity contribution in [2.45, 2.75) is 25.7 Å². The zero-order valence-corrected chi connectivity index (χ0v) is 17.9. The van der Waals surface area contributed by atoms with Crippen molar-refractivity contribution in [3.8, 4) is 5.69 Å². The largest absolute Gasteiger partial charge is 0.271 e. The standard InChI is InChI=1S/C24H19FN4O2S/c25-17-5-3-4-15(12-17)13-27-28-22(30)16-8-10-18(11-9-16)29-14-26-23-21(24(29)31)19-6-1-2-7-20(19)32-23/h3-5,8-14H,1-2,6-7H2,(H,28,30)/b27-13-. The molecule has 0 saturated heterocycles. The Labute approximate surface area is 187 Å². The molecule has 2 heterocycles. The Kier molecular flexibility index (Phi) is 5.36. The number of carbonyl (C=O) groups excluding carboxylic acids is 1. The van der Waals surface area contributed by atoms with Gasteiger partial charge in [-0.1, -0.05) is 12.1 Å². The van der Waals surface area contributed by atoms with Crippen LogP contribution in [0.5, 0.6) is 0 Å². The van der Waals surface area contributed by atoms with Gasteiger partial charge in [0.05, 0.1) is 17.3 Å². The molecular weight excluding hydrogens is 427 g/mol. The first-order valence-electron chi connectivity index (χ1n) is 10.3. The number of rotatable bonds is 4. The van der Waals surface area contributed by atoms with Crippen molar-refractivity contribution >= 4 is 33.7 Å². The van der Waals surface area contributed by atoms with Crippen LogP contribution in [0.3, 0.4) is 0 Å². The molecule has 8 heteroatoms. The van der Waals surface area contributed by atoms with E-state index >= 15 is 0 Å². The lowest BCUT2D eigenvalue weighted by Gasteiger charge is -2.10. The second-order valence-corrected chi connectivity index (χ2v) is 8.70. The second-order valence-electron chi connectivity index (χ2n) is 7.61. The SMILES string of the molecule is O=C(N/N=C\c1cccc(F)c1)c1ccc(-n2cnc3sc4c(c3c2=O)CCCC4)cc1. The van der Waals surface area contributed by atoms with Crippen LogP contribution in [0.4, 0.5) is 4.39 Å². The van der Waals surface area contributed by atoms with Crippen molar-refractivity contribution in [1.29, 1.82) is 0 Å². The van der Waals surface area contributed by atoms with Crippen LogP contribution in [0.15, 0.2) is 64.8 Å². The van der Waals surface area contributed by atoms with Crippen LogP contribution >= 0.6 is 11.3 Å². The molecule has 0 unspecified atom stereocenters. The first kappa shape index (κ1) is 20.3. The van der Waals surface area contributed by atoms with Gasteiger partial charge in [0.15, 0.2) is 0 Å². The van der Waals surface area contributed by atoms with Crippen molar-refractivity contribution in [2.24, 2.45) is 5.10 Å². The van der Waals surface area contributed by atoms with Crippen LogP contribution < -0.4 is 11.0 Å². The molecule has 6 nitrogen and oxygen atoms in total. The molecule has 0 bridgehead atoms. The fourth-order valence-electron chi connectivity index (χ4n) is 3.92. The Morgan fingerprint density at radius 1 is 1.16 bits per heavy atom. The van der Waals surface area contributed by atoms with Crippen LogP contribution in [0.1, 0.15) is 39.2 Å². The van der Waals surface area contributed by atoms with Crippen LogP contribution in [0, 0.1) is 5.82 Å². The van der Waals surface area contributed by atoms with Crippen LogP contribution in [0.2, 0.25) is 0 Å². The van der Waals surface area contributed by atoms with E-state index in [1.165, 1.54) is 27.8 Å². The molecule has 0 saturated carbocycles. The van der Waals surface area contributed by atoms with Gasteiger partial charge in [-0.05, 0) is 73.2 Å². The number of aromatic nitrogens is 2. The highest BCUT2D eigenvalue weighted by molar-refractivity contribution is 7.18. The van der Waals surface area contributed by atoms with Crippen molar-refractivity contribution < 1.29 is 9.18 Å². The summed E-state index contributed by atoms with van der Waals surface area (Å²) in [5, 5.41) is 4.59. The summed E-state index contributed by atoms with van der Waals surface area (Å²) >= 11 is 1.62. The maximum Gasteiger partial charge on any atom is 0.271 e. The number of nitrogens with zero attached hydrogens (tertiary/aromatic N) is 3. The van der Waals surface area contributed by atoms with Gasteiger partial charge >= 0.3 is 0 Å². The zero-order chi connectivity index (χ0) is 22.1. The summed E-state index contributed by atoms with van der Waals surface area (Å²) in [6.45, 7) is 0.